The van der Waals surface area contributed by atoms with Gasteiger partial charge in [0.05, 0.1) is 11.5 Å². The van der Waals surface area contributed by atoms with Gasteiger partial charge >= 0.3 is 0 Å². The number of nitriles is 1. The van der Waals surface area contributed by atoms with E-state index in [0.29, 0.717) is 24.0 Å². The molecule has 0 heterocycles. The maximum absolute atomic E-state index is 13.6. The van der Waals surface area contributed by atoms with Crippen LogP contribution < -0.4 is 5.32 Å². The van der Waals surface area contributed by atoms with Crippen molar-refractivity contribution in [3.63, 3.8) is 0 Å². The Morgan fingerprint density at radius 1 is 1.30 bits per heavy atom. The Morgan fingerprint density at radius 3 is 2.55 bits per heavy atom. The topological polar surface area (TPSA) is 80.0 Å². The molecular formula is C28H42N4O. The standard InChI is InChI=1S/C28H42N4O/c1-7-28(17-29)15-19(4)13-22(16-28)32(18(2)3)25(33)14-20(5)27(30)26-23(21-11-12-21)9-8-10-24(26)31-6/h8-10,18-22,30-31H,7,11-16H2,1-6H3. The number of carbonyl (C=O) groups excluding carboxylic acids is 1. The van der Waals surface area contributed by atoms with Crippen molar-refractivity contribution in [2.45, 2.75) is 97.6 Å². The SMILES string of the molecule is CCC1(C#N)CC(C)CC(N(C(=O)CC(C)C(=N)c2c(NC)cccc2C2CC2)C(C)C)C1. The Hall–Kier alpha value is -2.35. The lowest BCUT2D eigenvalue weighted by Gasteiger charge is -2.45. The summed E-state index contributed by atoms with van der Waals surface area (Å²) in [6.07, 6.45) is 6.15. The molecule has 180 valence electrons. The zero-order valence-corrected chi connectivity index (χ0v) is 21.4. The number of benzene rings is 1. The molecule has 0 aliphatic heterocycles. The van der Waals surface area contributed by atoms with Gasteiger partial charge in [0, 0.05) is 48.4 Å². The average Bonchev–Trinajstić information content (AvgIpc) is 3.62. The van der Waals surface area contributed by atoms with Crippen LogP contribution in [0, 0.1) is 34.0 Å². The maximum Gasteiger partial charge on any atom is 0.223 e. The summed E-state index contributed by atoms with van der Waals surface area (Å²) in [5.41, 5.74) is 3.43. The van der Waals surface area contributed by atoms with Crippen LogP contribution in [0.25, 0.3) is 0 Å². The third kappa shape index (κ3) is 5.42. The van der Waals surface area contributed by atoms with Crippen LogP contribution in [0.1, 0.15) is 96.6 Å². The fraction of sp³-hybridized carbons (Fsp3) is 0.679. The molecule has 33 heavy (non-hydrogen) atoms. The van der Waals surface area contributed by atoms with Crippen LogP contribution in [0.15, 0.2) is 18.2 Å². The van der Waals surface area contributed by atoms with Crippen LogP contribution in [0.5, 0.6) is 0 Å². The lowest BCUT2D eigenvalue weighted by molar-refractivity contribution is -0.138. The summed E-state index contributed by atoms with van der Waals surface area (Å²) in [6, 6.07) is 9.00. The van der Waals surface area contributed by atoms with Gasteiger partial charge < -0.3 is 15.6 Å². The maximum atomic E-state index is 13.6. The number of hydrogen-bond acceptors (Lipinski definition) is 4. The van der Waals surface area contributed by atoms with E-state index in [-0.39, 0.29) is 29.3 Å². The van der Waals surface area contributed by atoms with Crippen molar-refractivity contribution in [2.75, 3.05) is 12.4 Å². The number of hydrogen-bond donors (Lipinski definition) is 2. The highest BCUT2D eigenvalue weighted by Crippen LogP contribution is 2.45. The van der Waals surface area contributed by atoms with Crippen molar-refractivity contribution in [3.8, 4) is 6.07 Å². The Kier molecular flexibility index (Phi) is 7.88. The molecule has 2 N–H and O–H groups in total. The summed E-state index contributed by atoms with van der Waals surface area (Å²) < 4.78 is 0. The van der Waals surface area contributed by atoms with Crippen molar-refractivity contribution < 1.29 is 4.79 Å². The molecule has 1 amide bonds. The van der Waals surface area contributed by atoms with Crippen molar-refractivity contribution in [1.29, 1.82) is 10.7 Å². The van der Waals surface area contributed by atoms with Crippen LogP contribution in [0.2, 0.25) is 0 Å². The molecule has 2 aliphatic carbocycles. The second-order valence-corrected chi connectivity index (χ2v) is 10.9. The summed E-state index contributed by atoms with van der Waals surface area (Å²) in [7, 11) is 1.90. The molecule has 0 saturated heterocycles. The van der Waals surface area contributed by atoms with Crippen LogP contribution in [0.4, 0.5) is 5.69 Å². The number of carbonyl (C=O) groups is 1. The minimum absolute atomic E-state index is 0.0778. The van der Waals surface area contributed by atoms with Gasteiger partial charge in [0.1, 0.15) is 0 Å². The normalized spacial score (nSPS) is 25.9. The molecule has 5 heteroatoms. The summed E-state index contributed by atoms with van der Waals surface area (Å²) in [5.74, 6) is 0.912. The molecule has 2 fully saturated rings. The average molecular weight is 451 g/mol. The minimum atomic E-state index is -0.334. The zero-order chi connectivity index (χ0) is 24.3. The Morgan fingerprint density at radius 2 is 2.00 bits per heavy atom. The first-order chi connectivity index (χ1) is 15.7. The molecule has 2 saturated carbocycles. The highest BCUT2D eigenvalue weighted by atomic mass is 16.2. The number of anilines is 1. The van der Waals surface area contributed by atoms with Gasteiger partial charge in [-0.25, -0.2) is 0 Å². The number of amides is 1. The van der Waals surface area contributed by atoms with E-state index in [0.717, 1.165) is 36.9 Å². The molecule has 1 aromatic carbocycles. The summed E-state index contributed by atoms with van der Waals surface area (Å²) in [6.45, 7) is 10.5. The van der Waals surface area contributed by atoms with E-state index in [4.69, 9.17) is 5.41 Å². The molecule has 2 aliphatic rings. The Labute approximate surface area is 200 Å². The predicted octanol–water partition coefficient (Wildman–Crippen LogP) is 6.35. The predicted molar refractivity (Wildman–Crippen MR) is 136 cm³/mol. The minimum Gasteiger partial charge on any atom is -0.388 e. The lowest BCUT2D eigenvalue weighted by atomic mass is 9.67. The van der Waals surface area contributed by atoms with Gasteiger partial charge in [-0.05, 0) is 75.8 Å². The molecular weight excluding hydrogens is 408 g/mol. The number of nitrogens with one attached hydrogen (secondary N) is 2. The van der Waals surface area contributed by atoms with Crippen LogP contribution in [-0.2, 0) is 4.79 Å². The van der Waals surface area contributed by atoms with E-state index in [1.54, 1.807) is 0 Å². The quantitative estimate of drug-likeness (QED) is 0.430. The Balaban J connectivity index is 1.80. The molecule has 0 spiro atoms. The fourth-order valence-corrected chi connectivity index (χ4v) is 5.95. The highest BCUT2D eigenvalue weighted by molar-refractivity contribution is 6.07. The first-order valence-electron chi connectivity index (χ1n) is 12.8. The van der Waals surface area contributed by atoms with Gasteiger partial charge in [-0.1, -0.05) is 32.9 Å². The summed E-state index contributed by atoms with van der Waals surface area (Å²) in [4.78, 5) is 15.7. The van der Waals surface area contributed by atoms with E-state index in [1.165, 1.54) is 18.4 Å². The number of rotatable bonds is 9. The van der Waals surface area contributed by atoms with E-state index >= 15 is 0 Å². The van der Waals surface area contributed by atoms with Gasteiger partial charge in [0.15, 0.2) is 0 Å². The van der Waals surface area contributed by atoms with Crippen molar-refractivity contribution in [2.24, 2.45) is 17.3 Å². The molecule has 0 aromatic heterocycles. The van der Waals surface area contributed by atoms with Gasteiger partial charge in [-0.3, -0.25) is 4.79 Å². The van der Waals surface area contributed by atoms with Crippen molar-refractivity contribution in [3.05, 3.63) is 29.3 Å². The second kappa shape index (κ2) is 10.3. The smallest absolute Gasteiger partial charge is 0.223 e. The highest BCUT2D eigenvalue weighted by Gasteiger charge is 2.42. The summed E-state index contributed by atoms with van der Waals surface area (Å²) in [5, 5.41) is 22.2. The first-order valence-corrected chi connectivity index (χ1v) is 12.8. The molecule has 5 nitrogen and oxygen atoms in total. The molecule has 3 rings (SSSR count). The second-order valence-electron chi connectivity index (χ2n) is 10.9. The zero-order valence-electron chi connectivity index (χ0n) is 21.4. The summed E-state index contributed by atoms with van der Waals surface area (Å²) >= 11 is 0. The van der Waals surface area contributed by atoms with Gasteiger partial charge in [0.25, 0.3) is 0 Å². The van der Waals surface area contributed by atoms with Crippen LogP contribution in [0.3, 0.4) is 0 Å². The van der Waals surface area contributed by atoms with Crippen LogP contribution in [-0.4, -0.2) is 35.7 Å². The van der Waals surface area contributed by atoms with Crippen molar-refractivity contribution >= 4 is 17.3 Å². The lowest BCUT2D eigenvalue weighted by Crippen LogP contribution is -2.50. The fourth-order valence-electron chi connectivity index (χ4n) is 5.95. The Bertz CT molecular complexity index is 913. The largest absolute Gasteiger partial charge is 0.388 e. The third-order valence-electron chi connectivity index (χ3n) is 7.82. The molecule has 0 bridgehead atoms. The van der Waals surface area contributed by atoms with Gasteiger partial charge in [-0.2, -0.15) is 5.26 Å². The first kappa shape index (κ1) is 25.3. The van der Waals surface area contributed by atoms with Gasteiger partial charge in [0.2, 0.25) is 5.91 Å². The van der Waals surface area contributed by atoms with E-state index in [9.17, 15) is 10.1 Å². The molecule has 0 radical (unpaired) electrons. The van der Waals surface area contributed by atoms with Crippen LogP contribution >= 0.6 is 0 Å². The van der Waals surface area contributed by atoms with Gasteiger partial charge in [-0.15, -0.1) is 0 Å². The monoisotopic (exact) mass is 450 g/mol. The molecule has 4 atom stereocenters. The molecule has 1 aromatic rings. The van der Waals surface area contributed by atoms with E-state index < -0.39 is 0 Å². The third-order valence-corrected chi connectivity index (χ3v) is 7.82. The van der Waals surface area contributed by atoms with E-state index in [2.05, 4.69) is 51.2 Å². The number of nitrogens with zero attached hydrogens (tertiary/aromatic N) is 2. The molecule has 4 unspecified atom stereocenters. The van der Waals surface area contributed by atoms with Crippen molar-refractivity contribution in [1.82, 2.24) is 4.90 Å². The van der Waals surface area contributed by atoms with E-state index in [1.807, 2.05) is 24.9 Å².